The van der Waals surface area contributed by atoms with Gasteiger partial charge in [-0.1, -0.05) is 12.1 Å². The molecule has 0 aliphatic heterocycles. The molecule has 0 unspecified atom stereocenters. The lowest BCUT2D eigenvalue weighted by atomic mass is 10.1. The second-order valence-corrected chi connectivity index (χ2v) is 2.65. The molecule has 2 rings (SSSR count). The van der Waals surface area contributed by atoms with E-state index in [-0.39, 0.29) is 5.82 Å². The van der Waals surface area contributed by atoms with Gasteiger partial charge in [-0.3, -0.25) is 4.98 Å². The Morgan fingerprint density at radius 2 is 2.23 bits per heavy atom. The summed E-state index contributed by atoms with van der Waals surface area (Å²) in [5.41, 5.74) is 1.31. The SMILES string of the molecule is Fc1cc[c]cc1-c1cccnc1. The van der Waals surface area contributed by atoms with E-state index in [2.05, 4.69) is 11.1 Å². The van der Waals surface area contributed by atoms with E-state index in [9.17, 15) is 4.39 Å². The van der Waals surface area contributed by atoms with Crippen molar-refractivity contribution in [1.29, 1.82) is 0 Å². The maximum atomic E-state index is 13.2. The highest BCUT2D eigenvalue weighted by Crippen LogP contribution is 2.20. The summed E-state index contributed by atoms with van der Waals surface area (Å²) in [5.74, 6) is -0.244. The first kappa shape index (κ1) is 7.92. The molecule has 1 radical (unpaired) electrons. The third kappa shape index (κ3) is 1.56. The van der Waals surface area contributed by atoms with Gasteiger partial charge in [-0.05, 0) is 24.3 Å². The van der Waals surface area contributed by atoms with Crippen LogP contribution in [0, 0.1) is 11.9 Å². The number of pyridine rings is 1. The largest absolute Gasteiger partial charge is 0.264 e. The molecule has 1 heterocycles. The molecule has 0 spiro atoms. The predicted molar refractivity (Wildman–Crippen MR) is 48.5 cm³/mol. The molecule has 1 aromatic carbocycles. The van der Waals surface area contributed by atoms with Crippen LogP contribution in [0.5, 0.6) is 0 Å². The average Bonchev–Trinajstić information content (AvgIpc) is 2.20. The lowest BCUT2D eigenvalue weighted by Crippen LogP contribution is -1.83. The molecule has 13 heavy (non-hydrogen) atoms. The number of hydrogen-bond donors (Lipinski definition) is 0. The van der Waals surface area contributed by atoms with Gasteiger partial charge in [-0.15, -0.1) is 0 Å². The van der Waals surface area contributed by atoms with Crippen molar-refractivity contribution >= 4 is 0 Å². The zero-order valence-electron chi connectivity index (χ0n) is 6.87. The zero-order chi connectivity index (χ0) is 9.10. The first-order valence-corrected chi connectivity index (χ1v) is 3.94. The monoisotopic (exact) mass is 172 g/mol. The summed E-state index contributed by atoms with van der Waals surface area (Å²) in [4.78, 5) is 3.92. The molecule has 0 N–H and O–H groups in total. The molecule has 1 nitrogen and oxygen atoms in total. The van der Waals surface area contributed by atoms with Crippen LogP contribution < -0.4 is 0 Å². The number of rotatable bonds is 1. The molecule has 2 aromatic rings. The molecule has 0 amide bonds. The molecule has 1 aromatic heterocycles. The van der Waals surface area contributed by atoms with E-state index in [1.807, 2.05) is 6.07 Å². The van der Waals surface area contributed by atoms with Crippen LogP contribution in [0.1, 0.15) is 0 Å². The van der Waals surface area contributed by atoms with Gasteiger partial charge in [0.2, 0.25) is 0 Å². The minimum Gasteiger partial charge on any atom is -0.264 e. The maximum Gasteiger partial charge on any atom is 0.131 e. The molecule has 0 saturated heterocycles. The fourth-order valence-electron chi connectivity index (χ4n) is 1.15. The lowest BCUT2D eigenvalue weighted by molar-refractivity contribution is 0.631. The average molecular weight is 172 g/mol. The molecular formula is C11H7FN. The lowest BCUT2D eigenvalue weighted by Gasteiger charge is -2.00. The Morgan fingerprint density at radius 3 is 2.92 bits per heavy atom. The summed E-state index contributed by atoms with van der Waals surface area (Å²) in [7, 11) is 0. The van der Waals surface area contributed by atoms with Crippen molar-refractivity contribution in [3.05, 3.63) is 54.6 Å². The number of nitrogens with zero attached hydrogens (tertiary/aromatic N) is 1. The summed E-state index contributed by atoms with van der Waals surface area (Å²) in [6.45, 7) is 0. The number of hydrogen-bond acceptors (Lipinski definition) is 1. The van der Waals surface area contributed by atoms with Gasteiger partial charge in [0, 0.05) is 23.5 Å². The molecule has 0 atom stereocenters. The molecule has 0 fully saturated rings. The topological polar surface area (TPSA) is 12.9 Å². The minimum absolute atomic E-state index is 0.244. The van der Waals surface area contributed by atoms with E-state index in [0.717, 1.165) is 5.56 Å². The Hall–Kier alpha value is -1.70. The van der Waals surface area contributed by atoms with Gasteiger partial charge >= 0.3 is 0 Å². The second kappa shape index (κ2) is 3.35. The zero-order valence-corrected chi connectivity index (χ0v) is 6.87. The maximum absolute atomic E-state index is 13.2. The van der Waals surface area contributed by atoms with E-state index in [0.29, 0.717) is 5.56 Å². The smallest absolute Gasteiger partial charge is 0.131 e. The fourth-order valence-corrected chi connectivity index (χ4v) is 1.15. The summed E-state index contributed by atoms with van der Waals surface area (Å²) in [6, 6.07) is 11.0. The highest BCUT2D eigenvalue weighted by Gasteiger charge is 2.02. The van der Waals surface area contributed by atoms with E-state index in [4.69, 9.17) is 0 Å². The Bertz CT molecular complexity index is 398. The van der Waals surface area contributed by atoms with Crippen molar-refractivity contribution in [3.63, 3.8) is 0 Å². The molecule has 2 heteroatoms. The third-order valence-electron chi connectivity index (χ3n) is 1.78. The van der Waals surface area contributed by atoms with Crippen LogP contribution >= 0.6 is 0 Å². The molecular weight excluding hydrogens is 165 g/mol. The molecule has 0 aliphatic rings. The van der Waals surface area contributed by atoms with Gasteiger partial charge in [0.25, 0.3) is 0 Å². The number of halogens is 1. The van der Waals surface area contributed by atoms with Gasteiger partial charge in [0.05, 0.1) is 0 Å². The van der Waals surface area contributed by atoms with Crippen LogP contribution in [-0.4, -0.2) is 4.98 Å². The van der Waals surface area contributed by atoms with E-state index >= 15 is 0 Å². The third-order valence-corrected chi connectivity index (χ3v) is 1.78. The predicted octanol–water partition coefficient (Wildman–Crippen LogP) is 2.69. The first-order valence-electron chi connectivity index (χ1n) is 3.94. The summed E-state index contributed by atoms with van der Waals surface area (Å²) < 4.78 is 13.2. The standard InChI is InChI=1S/C11H7FN/c12-11-6-2-1-5-10(11)9-4-3-7-13-8-9/h2-8H. The summed E-state index contributed by atoms with van der Waals surface area (Å²) >= 11 is 0. The van der Waals surface area contributed by atoms with Crippen LogP contribution in [0.4, 0.5) is 4.39 Å². The Balaban J connectivity index is 2.54. The van der Waals surface area contributed by atoms with E-state index in [1.165, 1.54) is 6.07 Å². The van der Waals surface area contributed by atoms with Crippen molar-refractivity contribution < 1.29 is 4.39 Å². The highest BCUT2D eigenvalue weighted by molar-refractivity contribution is 5.62. The Morgan fingerprint density at radius 1 is 1.31 bits per heavy atom. The van der Waals surface area contributed by atoms with Crippen LogP contribution in [0.3, 0.4) is 0 Å². The molecule has 0 saturated carbocycles. The first-order chi connectivity index (χ1) is 6.38. The van der Waals surface area contributed by atoms with Crippen molar-refractivity contribution in [2.24, 2.45) is 0 Å². The second-order valence-electron chi connectivity index (χ2n) is 2.65. The van der Waals surface area contributed by atoms with Crippen molar-refractivity contribution in [1.82, 2.24) is 4.98 Å². The van der Waals surface area contributed by atoms with Gasteiger partial charge in [0.15, 0.2) is 0 Å². The summed E-state index contributed by atoms with van der Waals surface area (Å²) in [6.07, 6.45) is 3.29. The van der Waals surface area contributed by atoms with Crippen molar-refractivity contribution in [2.75, 3.05) is 0 Å². The van der Waals surface area contributed by atoms with E-state index < -0.39 is 0 Å². The molecule has 0 bridgehead atoms. The molecule has 0 aliphatic carbocycles. The van der Waals surface area contributed by atoms with Crippen LogP contribution in [-0.2, 0) is 0 Å². The minimum atomic E-state index is -0.244. The number of aromatic nitrogens is 1. The van der Waals surface area contributed by atoms with Gasteiger partial charge < -0.3 is 0 Å². The highest BCUT2D eigenvalue weighted by atomic mass is 19.1. The molecule has 63 valence electrons. The van der Waals surface area contributed by atoms with Crippen LogP contribution in [0.15, 0.2) is 42.7 Å². The quantitative estimate of drug-likeness (QED) is 0.644. The fraction of sp³-hybridized carbons (Fsp3) is 0. The summed E-state index contributed by atoms with van der Waals surface area (Å²) in [5, 5.41) is 0. The van der Waals surface area contributed by atoms with Crippen LogP contribution in [0.2, 0.25) is 0 Å². The van der Waals surface area contributed by atoms with Gasteiger partial charge in [-0.2, -0.15) is 0 Å². The van der Waals surface area contributed by atoms with Crippen LogP contribution in [0.25, 0.3) is 11.1 Å². The number of benzene rings is 1. The Kier molecular flexibility index (Phi) is 2.04. The van der Waals surface area contributed by atoms with E-state index in [1.54, 1.807) is 30.6 Å². The van der Waals surface area contributed by atoms with Crippen molar-refractivity contribution in [3.8, 4) is 11.1 Å². The normalized spacial score (nSPS) is 9.92. The Labute approximate surface area is 75.9 Å². The van der Waals surface area contributed by atoms with Gasteiger partial charge in [-0.25, -0.2) is 4.39 Å². The van der Waals surface area contributed by atoms with Crippen molar-refractivity contribution in [2.45, 2.75) is 0 Å². The van der Waals surface area contributed by atoms with Gasteiger partial charge in [0.1, 0.15) is 5.82 Å².